The first kappa shape index (κ1) is 13.1. The van der Waals surface area contributed by atoms with E-state index in [0.29, 0.717) is 31.8 Å². The van der Waals surface area contributed by atoms with Gasteiger partial charge in [-0.2, -0.15) is 0 Å². The molecule has 1 aromatic carbocycles. The van der Waals surface area contributed by atoms with Gasteiger partial charge in [-0.25, -0.2) is 4.39 Å². The fraction of sp³-hybridized carbons (Fsp3) is 0.500. The van der Waals surface area contributed by atoms with Crippen molar-refractivity contribution in [2.45, 2.75) is 6.54 Å². The monoisotopic (exact) mass is 227 g/mol. The fourth-order valence-corrected chi connectivity index (χ4v) is 1.50. The predicted octanol–water partition coefficient (Wildman–Crippen LogP) is 1.27. The molecule has 0 unspecified atom stereocenters. The highest BCUT2D eigenvalue weighted by molar-refractivity contribution is 5.17. The third kappa shape index (κ3) is 4.26. The Labute approximate surface area is 95.5 Å². The molecule has 1 rings (SSSR count). The molecule has 0 heterocycles. The molecule has 0 spiro atoms. The first-order chi connectivity index (χ1) is 7.77. The summed E-state index contributed by atoms with van der Waals surface area (Å²) in [5, 5.41) is 8.91. The summed E-state index contributed by atoms with van der Waals surface area (Å²) >= 11 is 0. The lowest BCUT2D eigenvalue weighted by Crippen LogP contribution is -2.30. The Hall–Kier alpha value is -0.970. The van der Waals surface area contributed by atoms with Gasteiger partial charge in [-0.3, -0.25) is 4.90 Å². The number of nitrogens with zero attached hydrogens (tertiary/aromatic N) is 1. The largest absolute Gasteiger partial charge is 0.395 e. The Balaban J connectivity index is 2.56. The standard InChI is InChI=1S/C12H18FNO2/c1-16-9-7-14(6-8-15)10-11-4-2-3-5-12(11)13/h2-5,15H,6-10H2,1H3. The van der Waals surface area contributed by atoms with Gasteiger partial charge < -0.3 is 9.84 Å². The SMILES string of the molecule is COCCN(CCO)Cc1ccccc1F. The van der Waals surface area contributed by atoms with Crippen LogP contribution in [0.4, 0.5) is 4.39 Å². The summed E-state index contributed by atoms with van der Waals surface area (Å²) < 4.78 is 18.4. The zero-order valence-corrected chi connectivity index (χ0v) is 9.53. The number of hydrogen-bond acceptors (Lipinski definition) is 3. The number of benzene rings is 1. The van der Waals surface area contributed by atoms with Crippen molar-refractivity contribution in [1.29, 1.82) is 0 Å². The Kier molecular flexibility index (Phi) is 6.00. The number of ether oxygens (including phenoxy) is 1. The molecular formula is C12H18FNO2. The molecule has 0 saturated carbocycles. The third-order valence-electron chi connectivity index (χ3n) is 2.38. The maximum Gasteiger partial charge on any atom is 0.127 e. The van der Waals surface area contributed by atoms with Crippen molar-refractivity contribution in [2.75, 3.05) is 33.4 Å². The summed E-state index contributed by atoms with van der Waals surface area (Å²) in [5.41, 5.74) is 0.645. The topological polar surface area (TPSA) is 32.7 Å². The van der Waals surface area contributed by atoms with Crippen molar-refractivity contribution in [3.8, 4) is 0 Å². The van der Waals surface area contributed by atoms with Crippen LogP contribution in [0.25, 0.3) is 0 Å². The van der Waals surface area contributed by atoms with Crippen LogP contribution >= 0.6 is 0 Å². The second-order valence-corrected chi connectivity index (χ2v) is 3.58. The van der Waals surface area contributed by atoms with Crippen LogP contribution in [0.5, 0.6) is 0 Å². The molecule has 0 aromatic heterocycles. The van der Waals surface area contributed by atoms with E-state index in [0.717, 1.165) is 0 Å². The molecule has 3 nitrogen and oxygen atoms in total. The zero-order valence-electron chi connectivity index (χ0n) is 9.53. The van der Waals surface area contributed by atoms with Gasteiger partial charge in [0.2, 0.25) is 0 Å². The summed E-state index contributed by atoms with van der Waals surface area (Å²) in [5.74, 6) is -0.206. The maximum atomic E-state index is 13.4. The van der Waals surface area contributed by atoms with Crippen LogP contribution in [0.1, 0.15) is 5.56 Å². The number of aliphatic hydroxyl groups excluding tert-OH is 1. The molecule has 0 aliphatic carbocycles. The highest BCUT2D eigenvalue weighted by atomic mass is 19.1. The minimum atomic E-state index is -0.206. The molecule has 0 amide bonds. The first-order valence-corrected chi connectivity index (χ1v) is 5.33. The fourth-order valence-electron chi connectivity index (χ4n) is 1.50. The molecule has 0 atom stereocenters. The summed E-state index contributed by atoms with van der Waals surface area (Å²) in [6.07, 6.45) is 0. The Morgan fingerprint density at radius 2 is 2.06 bits per heavy atom. The van der Waals surface area contributed by atoms with Crippen LogP contribution in [0, 0.1) is 5.82 Å². The lowest BCUT2D eigenvalue weighted by atomic mass is 10.2. The van der Waals surface area contributed by atoms with Crippen LogP contribution in [0.3, 0.4) is 0 Å². The average molecular weight is 227 g/mol. The van der Waals surface area contributed by atoms with Gasteiger partial charge in [0, 0.05) is 32.3 Å². The second-order valence-electron chi connectivity index (χ2n) is 3.58. The van der Waals surface area contributed by atoms with Gasteiger partial charge in [0.15, 0.2) is 0 Å². The lowest BCUT2D eigenvalue weighted by molar-refractivity contribution is 0.126. The van der Waals surface area contributed by atoms with Gasteiger partial charge in [0.1, 0.15) is 5.82 Å². The normalized spacial score (nSPS) is 11.0. The van der Waals surface area contributed by atoms with E-state index in [9.17, 15) is 4.39 Å². The molecule has 0 fully saturated rings. The van der Waals surface area contributed by atoms with Gasteiger partial charge in [0.05, 0.1) is 13.2 Å². The average Bonchev–Trinajstić information content (AvgIpc) is 2.29. The summed E-state index contributed by atoms with van der Waals surface area (Å²) in [6.45, 7) is 2.35. The summed E-state index contributed by atoms with van der Waals surface area (Å²) in [4.78, 5) is 1.96. The minimum Gasteiger partial charge on any atom is -0.395 e. The molecule has 90 valence electrons. The zero-order chi connectivity index (χ0) is 11.8. The van der Waals surface area contributed by atoms with Crippen LogP contribution in [-0.4, -0.2) is 43.4 Å². The number of aliphatic hydroxyl groups is 1. The minimum absolute atomic E-state index is 0.0676. The van der Waals surface area contributed by atoms with E-state index in [1.807, 2.05) is 11.0 Å². The molecule has 1 aromatic rings. The van der Waals surface area contributed by atoms with E-state index in [-0.39, 0.29) is 12.4 Å². The van der Waals surface area contributed by atoms with E-state index in [1.165, 1.54) is 6.07 Å². The molecule has 0 bridgehead atoms. The quantitative estimate of drug-likeness (QED) is 0.761. The number of halogens is 1. The summed E-state index contributed by atoms with van der Waals surface area (Å²) in [6, 6.07) is 6.69. The van der Waals surface area contributed by atoms with Crippen molar-refractivity contribution < 1.29 is 14.2 Å². The van der Waals surface area contributed by atoms with Gasteiger partial charge in [-0.05, 0) is 6.07 Å². The molecule has 4 heteroatoms. The van der Waals surface area contributed by atoms with Gasteiger partial charge in [0.25, 0.3) is 0 Å². The second kappa shape index (κ2) is 7.33. The Morgan fingerprint density at radius 3 is 2.69 bits per heavy atom. The van der Waals surface area contributed by atoms with E-state index in [4.69, 9.17) is 9.84 Å². The van der Waals surface area contributed by atoms with E-state index < -0.39 is 0 Å². The number of hydrogen-bond donors (Lipinski definition) is 1. The highest BCUT2D eigenvalue weighted by Gasteiger charge is 2.08. The molecule has 0 aliphatic heterocycles. The molecule has 16 heavy (non-hydrogen) atoms. The van der Waals surface area contributed by atoms with Crippen LogP contribution in [0.15, 0.2) is 24.3 Å². The molecule has 0 saturated heterocycles. The van der Waals surface area contributed by atoms with Gasteiger partial charge in [-0.15, -0.1) is 0 Å². The summed E-state index contributed by atoms with van der Waals surface area (Å²) in [7, 11) is 1.63. The van der Waals surface area contributed by atoms with Crippen LogP contribution in [0.2, 0.25) is 0 Å². The smallest absolute Gasteiger partial charge is 0.127 e. The Morgan fingerprint density at radius 1 is 1.31 bits per heavy atom. The van der Waals surface area contributed by atoms with Gasteiger partial charge in [-0.1, -0.05) is 18.2 Å². The van der Waals surface area contributed by atoms with Crippen molar-refractivity contribution in [1.82, 2.24) is 4.90 Å². The third-order valence-corrected chi connectivity index (χ3v) is 2.38. The molecule has 0 aliphatic rings. The van der Waals surface area contributed by atoms with Crippen LogP contribution in [-0.2, 0) is 11.3 Å². The van der Waals surface area contributed by atoms with E-state index in [1.54, 1.807) is 19.2 Å². The van der Waals surface area contributed by atoms with Crippen molar-refractivity contribution in [3.63, 3.8) is 0 Å². The van der Waals surface area contributed by atoms with E-state index >= 15 is 0 Å². The van der Waals surface area contributed by atoms with Crippen molar-refractivity contribution in [2.24, 2.45) is 0 Å². The van der Waals surface area contributed by atoms with E-state index in [2.05, 4.69) is 0 Å². The number of rotatable bonds is 7. The molecule has 1 N–H and O–H groups in total. The van der Waals surface area contributed by atoms with Crippen LogP contribution < -0.4 is 0 Å². The predicted molar refractivity (Wildman–Crippen MR) is 60.6 cm³/mol. The van der Waals surface area contributed by atoms with Crippen molar-refractivity contribution >= 4 is 0 Å². The molecular weight excluding hydrogens is 209 g/mol. The first-order valence-electron chi connectivity index (χ1n) is 5.33. The molecule has 0 radical (unpaired) electrons. The maximum absolute atomic E-state index is 13.4. The number of methoxy groups -OCH3 is 1. The van der Waals surface area contributed by atoms with Gasteiger partial charge >= 0.3 is 0 Å². The van der Waals surface area contributed by atoms with Crippen molar-refractivity contribution in [3.05, 3.63) is 35.6 Å². The lowest BCUT2D eigenvalue weighted by Gasteiger charge is -2.21. The highest BCUT2D eigenvalue weighted by Crippen LogP contribution is 2.09. The Bertz CT molecular complexity index is 307.